The van der Waals surface area contributed by atoms with Crippen molar-refractivity contribution < 1.29 is 23.9 Å². The van der Waals surface area contributed by atoms with Crippen LogP contribution in [0.1, 0.15) is 71.8 Å². The van der Waals surface area contributed by atoms with Crippen molar-refractivity contribution in [3.8, 4) is 0 Å². The molecule has 1 aromatic rings. The number of hydrogen-bond acceptors (Lipinski definition) is 5. The molecule has 2 N–H and O–H groups in total. The molecule has 1 aliphatic heterocycles. The first-order valence-electron chi connectivity index (χ1n) is 14.9. The molecule has 0 spiro atoms. The number of allylic oxidation sites excluding steroid dienone is 2. The Kier molecular flexibility index (Phi) is 15.3. The zero-order valence-electron chi connectivity index (χ0n) is 25.1. The summed E-state index contributed by atoms with van der Waals surface area (Å²) in [6.07, 6.45) is 8.88. The lowest BCUT2D eigenvalue weighted by molar-refractivity contribution is -0.127. The van der Waals surface area contributed by atoms with Gasteiger partial charge in [-0.3, -0.25) is 14.4 Å². The monoisotopic (exact) mass is 555 g/mol. The van der Waals surface area contributed by atoms with Gasteiger partial charge in [0.2, 0.25) is 11.8 Å². The number of ether oxygens (including phenoxy) is 2. The first kappa shape index (κ1) is 33.2. The van der Waals surface area contributed by atoms with Gasteiger partial charge in [-0.25, -0.2) is 0 Å². The Labute approximate surface area is 240 Å². The second kappa shape index (κ2) is 18.4. The van der Waals surface area contributed by atoms with Crippen molar-refractivity contribution in [2.24, 2.45) is 11.8 Å². The molecular formula is C32H49N3O5. The summed E-state index contributed by atoms with van der Waals surface area (Å²) in [5, 5.41) is 5.82. The third kappa shape index (κ3) is 11.3. The molecule has 1 aliphatic carbocycles. The molecule has 0 aromatic heterocycles. The van der Waals surface area contributed by atoms with Crippen molar-refractivity contribution >= 4 is 23.4 Å². The van der Waals surface area contributed by atoms with Crippen LogP contribution in [-0.2, 0) is 23.9 Å². The number of carbonyl (C=O) groups excluding carboxylic acids is 3. The Morgan fingerprint density at radius 2 is 1.62 bits per heavy atom. The highest BCUT2D eigenvalue weighted by atomic mass is 16.5. The predicted octanol–water partition coefficient (Wildman–Crippen LogP) is 5.39. The van der Waals surface area contributed by atoms with Crippen LogP contribution >= 0.6 is 0 Å². The van der Waals surface area contributed by atoms with Crippen molar-refractivity contribution in [2.45, 2.75) is 73.1 Å². The Bertz CT molecular complexity index is 994. The molecule has 8 heteroatoms. The van der Waals surface area contributed by atoms with E-state index in [0.717, 1.165) is 61.2 Å². The predicted molar refractivity (Wildman–Crippen MR) is 160 cm³/mol. The molecule has 2 aliphatic rings. The molecular weight excluding hydrogens is 506 g/mol. The van der Waals surface area contributed by atoms with E-state index in [1.165, 1.54) is 0 Å². The van der Waals surface area contributed by atoms with Crippen LogP contribution in [-0.4, -0.2) is 62.1 Å². The zero-order chi connectivity index (χ0) is 29.3. The van der Waals surface area contributed by atoms with Gasteiger partial charge >= 0.3 is 0 Å². The average molecular weight is 556 g/mol. The number of rotatable bonds is 14. The lowest BCUT2D eigenvalue weighted by Crippen LogP contribution is -2.37. The molecule has 0 bridgehead atoms. The van der Waals surface area contributed by atoms with E-state index in [1.807, 2.05) is 62.9 Å². The molecule has 40 heavy (non-hydrogen) atoms. The number of nitrogens with zero attached hydrogens (tertiary/aromatic N) is 1. The summed E-state index contributed by atoms with van der Waals surface area (Å²) < 4.78 is 11.0. The molecule has 0 atom stereocenters. The van der Waals surface area contributed by atoms with E-state index < -0.39 is 0 Å². The Morgan fingerprint density at radius 3 is 2.27 bits per heavy atom. The van der Waals surface area contributed by atoms with Crippen LogP contribution in [0, 0.1) is 18.8 Å². The minimum absolute atomic E-state index is 0.0282. The summed E-state index contributed by atoms with van der Waals surface area (Å²) in [7, 11) is 0. The smallest absolute Gasteiger partial charge is 0.253 e. The number of aryl methyl sites for hydroxylation is 1. The molecule has 3 rings (SSSR count). The number of hydrogen-bond donors (Lipinski definition) is 2. The number of amides is 3. The van der Waals surface area contributed by atoms with Crippen molar-refractivity contribution in [3.63, 3.8) is 0 Å². The van der Waals surface area contributed by atoms with Crippen molar-refractivity contribution in [1.29, 1.82) is 0 Å². The lowest BCUT2D eigenvalue weighted by Gasteiger charge is -2.31. The second-order valence-electron chi connectivity index (χ2n) is 10.2. The summed E-state index contributed by atoms with van der Waals surface area (Å²) >= 11 is 0. The number of carbonyl (C=O) groups is 3. The van der Waals surface area contributed by atoms with E-state index in [-0.39, 0.29) is 30.1 Å². The van der Waals surface area contributed by atoms with Crippen LogP contribution < -0.4 is 10.6 Å². The maximum absolute atomic E-state index is 12.6. The van der Waals surface area contributed by atoms with E-state index in [0.29, 0.717) is 38.9 Å². The fraction of sp³-hybridized carbons (Fsp3) is 0.594. The standard InChI is InChI=1S/C30H43N3O5.C2H6/c1-4-5-27-20-23(3)30(36)33(27)21-24-8-10-25(11-9-24)29(35)31-15-17-38-19-18-37-16-14-28(34)32-26-12-6-22(2)7-13-26;1-2/h5-7,12-13,20,24-25H,4,8-11,14-19,21H2,1-3H3,(H,31,35)(H,32,34);1-2H3/b27-5-;. The van der Waals surface area contributed by atoms with Gasteiger partial charge in [0.1, 0.15) is 0 Å². The van der Waals surface area contributed by atoms with Crippen LogP contribution in [0.15, 0.2) is 47.7 Å². The van der Waals surface area contributed by atoms with E-state index in [4.69, 9.17) is 9.47 Å². The minimum Gasteiger partial charge on any atom is -0.379 e. The van der Waals surface area contributed by atoms with Crippen molar-refractivity contribution in [2.75, 3.05) is 44.8 Å². The van der Waals surface area contributed by atoms with E-state index >= 15 is 0 Å². The van der Waals surface area contributed by atoms with Gasteiger partial charge in [0.05, 0.1) is 32.8 Å². The molecule has 3 amide bonds. The van der Waals surface area contributed by atoms with E-state index in [9.17, 15) is 14.4 Å². The van der Waals surface area contributed by atoms with Crippen LogP contribution in [0.2, 0.25) is 0 Å². The highest BCUT2D eigenvalue weighted by Gasteiger charge is 2.31. The topological polar surface area (TPSA) is 97.0 Å². The van der Waals surface area contributed by atoms with Gasteiger partial charge in [0.25, 0.3) is 5.91 Å². The first-order chi connectivity index (χ1) is 19.4. The average Bonchev–Trinajstić information content (AvgIpc) is 3.22. The van der Waals surface area contributed by atoms with Gasteiger partial charge in [-0.05, 0) is 70.1 Å². The molecule has 8 nitrogen and oxygen atoms in total. The van der Waals surface area contributed by atoms with Gasteiger partial charge in [-0.15, -0.1) is 0 Å². The summed E-state index contributed by atoms with van der Waals surface area (Å²) in [6, 6.07) is 7.67. The molecule has 1 aromatic carbocycles. The fourth-order valence-corrected chi connectivity index (χ4v) is 4.86. The maximum atomic E-state index is 12.6. The largest absolute Gasteiger partial charge is 0.379 e. The molecule has 1 heterocycles. The van der Waals surface area contributed by atoms with Crippen LogP contribution in [0.3, 0.4) is 0 Å². The molecule has 0 saturated heterocycles. The number of benzene rings is 1. The zero-order valence-corrected chi connectivity index (χ0v) is 25.1. The second-order valence-corrected chi connectivity index (χ2v) is 10.2. The molecule has 0 unspecified atom stereocenters. The summed E-state index contributed by atoms with van der Waals surface area (Å²) in [4.78, 5) is 38.9. The summed E-state index contributed by atoms with van der Waals surface area (Å²) in [5.74, 6) is 0.573. The van der Waals surface area contributed by atoms with E-state index in [1.54, 1.807) is 0 Å². The minimum atomic E-state index is -0.0822. The van der Waals surface area contributed by atoms with Gasteiger partial charge in [-0.1, -0.05) is 44.5 Å². The fourth-order valence-electron chi connectivity index (χ4n) is 4.86. The highest BCUT2D eigenvalue weighted by Crippen LogP contribution is 2.32. The van der Waals surface area contributed by atoms with Gasteiger partial charge < -0.3 is 25.0 Å². The highest BCUT2D eigenvalue weighted by molar-refractivity contribution is 5.98. The Balaban J connectivity index is 0.00000274. The van der Waals surface area contributed by atoms with Crippen LogP contribution in [0.4, 0.5) is 5.69 Å². The number of anilines is 1. The third-order valence-corrected chi connectivity index (χ3v) is 7.06. The SMILES string of the molecule is CC.CC/C=C1/C=C(C)C(=O)N1CC1CCC(C(=O)NCCOCCOCCC(=O)Nc2ccc(C)cc2)CC1. The first-order valence-corrected chi connectivity index (χ1v) is 14.9. The van der Waals surface area contributed by atoms with Crippen molar-refractivity contribution in [1.82, 2.24) is 10.2 Å². The summed E-state index contributed by atoms with van der Waals surface area (Å²) in [5.41, 5.74) is 3.74. The number of nitrogens with one attached hydrogen (secondary N) is 2. The van der Waals surface area contributed by atoms with Gasteiger partial charge in [0.15, 0.2) is 0 Å². The Morgan fingerprint density at radius 1 is 0.975 bits per heavy atom. The third-order valence-electron chi connectivity index (χ3n) is 7.06. The van der Waals surface area contributed by atoms with Gasteiger partial charge in [-0.2, -0.15) is 0 Å². The maximum Gasteiger partial charge on any atom is 0.253 e. The quantitative estimate of drug-likeness (QED) is 0.300. The van der Waals surface area contributed by atoms with Crippen molar-refractivity contribution in [3.05, 3.63) is 53.3 Å². The Hall–Kier alpha value is -2.97. The summed E-state index contributed by atoms with van der Waals surface area (Å²) in [6.45, 7) is 12.7. The lowest BCUT2D eigenvalue weighted by atomic mass is 9.81. The molecule has 1 fully saturated rings. The van der Waals surface area contributed by atoms with E-state index in [2.05, 4.69) is 23.6 Å². The van der Waals surface area contributed by atoms with Crippen LogP contribution in [0.5, 0.6) is 0 Å². The van der Waals surface area contributed by atoms with Crippen LogP contribution in [0.25, 0.3) is 0 Å². The molecule has 1 saturated carbocycles. The van der Waals surface area contributed by atoms with Gasteiger partial charge in [0, 0.05) is 36.0 Å². The molecule has 222 valence electrons. The molecule has 0 radical (unpaired) electrons. The normalized spacial score (nSPS) is 19.6.